The lowest BCUT2D eigenvalue weighted by molar-refractivity contribution is -0.137. The Hall–Kier alpha value is -1.65. The Labute approximate surface area is 145 Å². The Kier molecular flexibility index (Phi) is 5.07. The van der Waals surface area contributed by atoms with Crippen LogP contribution in [0, 0.1) is 17.3 Å². The molecule has 0 spiro atoms. The van der Waals surface area contributed by atoms with E-state index in [0.29, 0.717) is 11.3 Å². The first kappa shape index (κ1) is 17.2. The summed E-state index contributed by atoms with van der Waals surface area (Å²) < 4.78 is 0. The molecule has 5 nitrogen and oxygen atoms in total. The van der Waals surface area contributed by atoms with Crippen LogP contribution in [0.2, 0.25) is 0 Å². The van der Waals surface area contributed by atoms with Crippen molar-refractivity contribution in [1.29, 1.82) is 0 Å². The van der Waals surface area contributed by atoms with Gasteiger partial charge in [0.05, 0.1) is 0 Å². The highest BCUT2D eigenvalue weighted by molar-refractivity contribution is 5.79. The van der Waals surface area contributed by atoms with Crippen LogP contribution < -0.4 is 4.90 Å². The molecule has 1 aliphatic heterocycles. The molecule has 0 atom stereocenters. The van der Waals surface area contributed by atoms with Gasteiger partial charge in [0.15, 0.2) is 0 Å². The van der Waals surface area contributed by atoms with Gasteiger partial charge in [0, 0.05) is 44.5 Å². The average Bonchev–Trinajstić information content (AvgIpc) is 2.61. The predicted octanol–water partition coefficient (Wildman–Crippen LogP) is 2.98. The van der Waals surface area contributed by atoms with Crippen molar-refractivity contribution >= 4 is 11.9 Å². The maximum atomic E-state index is 12.8. The molecule has 0 bridgehead atoms. The van der Waals surface area contributed by atoms with E-state index in [1.807, 2.05) is 6.07 Å². The summed E-state index contributed by atoms with van der Waals surface area (Å²) in [5.74, 6) is 2.14. The summed E-state index contributed by atoms with van der Waals surface area (Å²) in [6.07, 6.45) is 8.04. The number of rotatable bonds is 2. The monoisotopic (exact) mass is 330 g/mol. The van der Waals surface area contributed by atoms with Crippen molar-refractivity contribution in [2.24, 2.45) is 17.3 Å². The highest BCUT2D eigenvalue weighted by Crippen LogP contribution is 2.40. The van der Waals surface area contributed by atoms with Gasteiger partial charge in [-0.3, -0.25) is 4.79 Å². The van der Waals surface area contributed by atoms with Gasteiger partial charge in [0.2, 0.25) is 11.9 Å². The Morgan fingerprint density at radius 3 is 2.12 bits per heavy atom. The fourth-order valence-electron chi connectivity index (χ4n) is 4.05. The van der Waals surface area contributed by atoms with Gasteiger partial charge in [0.25, 0.3) is 0 Å². The molecule has 1 saturated heterocycles. The maximum absolute atomic E-state index is 12.8. The Morgan fingerprint density at radius 1 is 1.00 bits per heavy atom. The van der Waals surface area contributed by atoms with Crippen LogP contribution in [0.4, 0.5) is 5.95 Å². The number of carbonyl (C=O) groups is 1. The van der Waals surface area contributed by atoms with Gasteiger partial charge in [-0.15, -0.1) is 0 Å². The van der Waals surface area contributed by atoms with Crippen LogP contribution in [0.1, 0.15) is 46.5 Å². The Morgan fingerprint density at radius 2 is 1.58 bits per heavy atom. The van der Waals surface area contributed by atoms with Crippen molar-refractivity contribution in [1.82, 2.24) is 14.9 Å². The maximum Gasteiger partial charge on any atom is 0.225 e. The van der Waals surface area contributed by atoms with E-state index in [2.05, 4.69) is 40.5 Å². The summed E-state index contributed by atoms with van der Waals surface area (Å²) in [7, 11) is 0. The van der Waals surface area contributed by atoms with Gasteiger partial charge in [-0.05, 0) is 43.1 Å². The van der Waals surface area contributed by atoms with Crippen LogP contribution in [-0.4, -0.2) is 47.0 Å². The topological polar surface area (TPSA) is 49.3 Å². The van der Waals surface area contributed by atoms with E-state index >= 15 is 0 Å². The lowest BCUT2D eigenvalue weighted by atomic mass is 9.69. The fourth-order valence-corrected chi connectivity index (χ4v) is 4.05. The minimum Gasteiger partial charge on any atom is -0.339 e. The van der Waals surface area contributed by atoms with E-state index in [0.717, 1.165) is 50.9 Å². The molecule has 1 saturated carbocycles. The number of carbonyl (C=O) groups excluding carboxylic acids is 1. The van der Waals surface area contributed by atoms with Gasteiger partial charge < -0.3 is 9.80 Å². The second-order valence-electron chi connectivity index (χ2n) is 8.28. The number of amides is 1. The van der Waals surface area contributed by atoms with Gasteiger partial charge in [0.1, 0.15) is 0 Å². The van der Waals surface area contributed by atoms with Gasteiger partial charge >= 0.3 is 0 Å². The Balaban J connectivity index is 1.49. The molecular formula is C19H30N4O. The van der Waals surface area contributed by atoms with E-state index < -0.39 is 0 Å². The van der Waals surface area contributed by atoms with E-state index in [4.69, 9.17) is 0 Å². The number of hydrogen-bond donors (Lipinski definition) is 0. The van der Waals surface area contributed by atoms with Gasteiger partial charge in [-0.25, -0.2) is 9.97 Å². The van der Waals surface area contributed by atoms with Crippen LogP contribution in [0.15, 0.2) is 18.5 Å². The van der Waals surface area contributed by atoms with E-state index in [1.54, 1.807) is 12.4 Å². The summed E-state index contributed by atoms with van der Waals surface area (Å²) >= 11 is 0. The van der Waals surface area contributed by atoms with Gasteiger partial charge in [-0.1, -0.05) is 20.8 Å². The van der Waals surface area contributed by atoms with Crippen LogP contribution in [0.5, 0.6) is 0 Å². The summed E-state index contributed by atoms with van der Waals surface area (Å²) in [6, 6.07) is 1.83. The van der Waals surface area contributed by atoms with E-state index in [1.165, 1.54) is 12.8 Å². The van der Waals surface area contributed by atoms with Crippen molar-refractivity contribution < 1.29 is 4.79 Å². The molecule has 5 heteroatoms. The van der Waals surface area contributed by atoms with Crippen molar-refractivity contribution in [2.75, 3.05) is 31.1 Å². The highest BCUT2D eigenvalue weighted by atomic mass is 16.2. The lowest BCUT2D eigenvalue weighted by Crippen LogP contribution is -2.51. The quantitative estimate of drug-likeness (QED) is 0.836. The minimum absolute atomic E-state index is 0.239. The van der Waals surface area contributed by atoms with Crippen molar-refractivity contribution in [2.45, 2.75) is 46.5 Å². The van der Waals surface area contributed by atoms with Crippen LogP contribution in [-0.2, 0) is 4.79 Å². The number of aromatic nitrogens is 2. The summed E-state index contributed by atoms with van der Waals surface area (Å²) in [5, 5.41) is 0. The lowest BCUT2D eigenvalue weighted by Gasteiger charge is -2.40. The smallest absolute Gasteiger partial charge is 0.225 e. The molecule has 2 heterocycles. The molecule has 1 aliphatic carbocycles. The standard InChI is InChI=1S/C19H30N4O/c1-19(2,3)16-7-5-15(6-8-16)17(24)22-11-13-23(14-12-22)18-20-9-4-10-21-18/h4,9-10,15-16H,5-8,11-14H2,1-3H3. The third-order valence-corrected chi connectivity index (χ3v) is 5.73. The van der Waals surface area contributed by atoms with Crippen molar-refractivity contribution in [3.8, 4) is 0 Å². The van der Waals surface area contributed by atoms with E-state index in [9.17, 15) is 4.79 Å². The largest absolute Gasteiger partial charge is 0.339 e. The van der Waals surface area contributed by atoms with Crippen LogP contribution in [0.3, 0.4) is 0 Å². The van der Waals surface area contributed by atoms with Crippen molar-refractivity contribution in [3.05, 3.63) is 18.5 Å². The molecular weight excluding hydrogens is 300 g/mol. The molecule has 3 rings (SSSR count). The molecule has 24 heavy (non-hydrogen) atoms. The molecule has 0 N–H and O–H groups in total. The predicted molar refractivity (Wildman–Crippen MR) is 95.7 cm³/mol. The summed E-state index contributed by atoms with van der Waals surface area (Å²) in [4.78, 5) is 25.7. The molecule has 0 unspecified atom stereocenters. The second-order valence-corrected chi connectivity index (χ2v) is 8.28. The zero-order valence-corrected chi connectivity index (χ0v) is 15.2. The molecule has 0 radical (unpaired) electrons. The minimum atomic E-state index is 0.239. The molecule has 2 aliphatic rings. The first-order valence-corrected chi connectivity index (χ1v) is 9.26. The third kappa shape index (κ3) is 3.87. The summed E-state index contributed by atoms with van der Waals surface area (Å²) in [5.41, 5.74) is 0.370. The molecule has 1 aromatic heterocycles. The van der Waals surface area contributed by atoms with Crippen molar-refractivity contribution in [3.63, 3.8) is 0 Å². The van der Waals surface area contributed by atoms with Gasteiger partial charge in [-0.2, -0.15) is 0 Å². The molecule has 0 aromatic carbocycles. The average molecular weight is 330 g/mol. The number of piperazine rings is 1. The summed E-state index contributed by atoms with van der Waals surface area (Å²) in [6.45, 7) is 10.2. The van der Waals surface area contributed by atoms with Crippen LogP contribution in [0.25, 0.3) is 0 Å². The zero-order chi connectivity index (χ0) is 17.2. The third-order valence-electron chi connectivity index (χ3n) is 5.73. The number of nitrogens with zero attached hydrogens (tertiary/aromatic N) is 4. The van der Waals surface area contributed by atoms with Crippen LogP contribution >= 0.6 is 0 Å². The normalized spacial score (nSPS) is 25.6. The SMILES string of the molecule is CC(C)(C)C1CCC(C(=O)N2CCN(c3ncccn3)CC2)CC1. The zero-order valence-electron chi connectivity index (χ0n) is 15.2. The molecule has 132 valence electrons. The fraction of sp³-hybridized carbons (Fsp3) is 0.737. The first-order valence-electron chi connectivity index (χ1n) is 9.26. The second kappa shape index (κ2) is 7.08. The molecule has 1 amide bonds. The molecule has 2 fully saturated rings. The number of anilines is 1. The molecule has 1 aromatic rings. The van der Waals surface area contributed by atoms with E-state index in [-0.39, 0.29) is 5.92 Å². The Bertz CT molecular complexity index is 538. The highest BCUT2D eigenvalue weighted by Gasteiger charge is 2.34. The number of hydrogen-bond acceptors (Lipinski definition) is 4. The first-order chi connectivity index (χ1) is 11.4.